The van der Waals surface area contributed by atoms with E-state index in [9.17, 15) is 4.79 Å². The van der Waals surface area contributed by atoms with Crippen LogP contribution in [0, 0.1) is 0 Å². The number of likely N-dealkylation sites (tertiary alicyclic amines) is 1. The molecule has 8 heteroatoms. The number of carbonyl (C=O) groups excluding carboxylic acids is 1. The molecular formula is C21H25N3O5. The number of piperidine rings is 1. The molecule has 1 N–H and O–H groups in total. The third kappa shape index (κ3) is 4.13. The molecule has 3 heterocycles. The summed E-state index contributed by atoms with van der Waals surface area (Å²) in [5.41, 5.74) is 1.96. The van der Waals surface area contributed by atoms with E-state index in [1.165, 1.54) is 0 Å². The molecule has 2 aliphatic rings. The molecule has 1 spiro atoms. The van der Waals surface area contributed by atoms with Crippen LogP contribution in [-0.4, -0.2) is 62.1 Å². The number of hydrogen-bond donors (Lipinski definition) is 1. The highest BCUT2D eigenvalue weighted by molar-refractivity contribution is 5.92. The molecule has 4 rings (SSSR count). The van der Waals surface area contributed by atoms with E-state index < -0.39 is 5.79 Å². The molecule has 0 saturated carbocycles. The summed E-state index contributed by atoms with van der Waals surface area (Å²) in [5, 5.41) is 3.25. The van der Waals surface area contributed by atoms with Crippen molar-refractivity contribution in [1.82, 2.24) is 9.88 Å². The van der Waals surface area contributed by atoms with Gasteiger partial charge in [-0.3, -0.25) is 4.79 Å². The van der Waals surface area contributed by atoms with Crippen molar-refractivity contribution in [2.24, 2.45) is 0 Å². The van der Waals surface area contributed by atoms with Gasteiger partial charge in [-0.05, 0) is 24.3 Å². The first-order valence-electron chi connectivity index (χ1n) is 9.65. The summed E-state index contributed by atoms with van der Waals surface area (Å²) >= 11 is 0. The van der Waals surface area contributed by atoms with Crippen LogP contribution in [0.4, 0.5) is 11.4 Å². The summed E-state index contributed by atoms with van der Waals surface area (Å²) < 4.78 is 22.0. The predicted molar refractivity (Wildman–Crippen MR) is 107 cm³/mol. The Bertz CT molecular complexity index is 855. The molecule has 154 valence electrons. The maximum atomic E-state index is 12.8. The van der Waals surface area contributed by atoms with Crippen molar-refractivity contribution in [2.45, 2.75) is 18.6 Å². The Morgan fingerprint density at radius 1 is 1.10 bits per heavy atom. The third-order valence-corrected chi connectivity index (χ3v) is 5.30. The fourth-order valence-electron chi connectivity index (χ4n) is 3.65. The van der Waals surface area contributed by atoms with Crippen molar-refractivity contribution in [3.8, 4) is 11.5 Å². The molecule has 1 amide bonds. The van der Waals surface area contributed by atoms with E-state index >= 15 is 0 Å². The van der Waals surface area contributed by atoms with Gasteiger partial charge >= 0.3 is 0 Å². The lowest BCUT2D eigenvalue weighted by Crippen LogP contribution is -2.47. The van der Waals surface area contributed by atoms with Gasteiger partial charge in [-0.2, -0.15) is 0 Å². The minimum atomic E-state index is -0.491. The summed E-state index contributed by atoms with van der Waals surface area (Å²) in [7, 11) is 3.21. The molecule has 2 aliphatic heterocycles. The van der Waals surface area contributed by atoms with Gasteiger partial charge in [-0.15, -0.1) is 0 Å². The van der Waals surface area contributed by atoms with Crippen LogP contribution in [0.2, 0.25) is 0 Å². The van der Waals surface area contributed by atoms with Crippen molar-refractivity contribution in [3.05, 3.63) is 42.2 Å². The second-order valence-electron chi connectivity index (χ2n) is 7.02. The van der Waals surface area contributed by atoms with Crippen molar-refractivity contribution in [1.29, 1.82) is 0 Å². The molecule has 2 saturated heterocycles. The number of amides is 1. The van der Waals surface area contributed by atoms with Gasteiger partial charge in [0.2, 0.25) is 0 Å². The quantitative estimate of drug-likeness (QED) is 0.828. The van der Waals surface area contributed by atoms with Gasteiger partial charge < -0.3 is 29.2 Å². The highest BCUT2D eigenvalue weighted by atomic mass is 16.7. The summed E-state index contributed by atoms with van der Waals surface area (Å²) in [6.07, 6.45) is 3.02. The molecule has 0 atom stereocenters. The third-order valence-electron chi connectivity index (χ3n) is 5.30. The number of carbonyl (C=O) groups is 1. The van der Waals surface area contributed by atoms with Crippen molar-refractivity contribution in [3.63, 3.8) is 0 Å². The molecule has 2 aromatic rings. The predicted octanol–water partition coefficient (Wildman–Crippen LogP) is 2.82. The number of rotatable bonds is 5. The normalized spacial score (nSPS) is 17.9. The van der Waals surface area contributed by atoms with Crippen LogP contribution in [0.3, 0.4) is 0 Å². The van der Waals surface area contributed by atoms with Crippen LogP contribution in [-0.2, 0) is 9.47 Å². The molecule has 2 fully saturated rings. The topological polar surface area (TPSA) is 82.2 Å². The average molecular weight is 399 g/mol. The molecule has 8 nitrogen and oxygen atoms in total. The number of nitrogens with zero attached hydrogens (tertiary/aromatic N) is 2. The molecule has 1 aromatic heterocycles. The van der Waals surface area contributed by atoms with E-state index in [0.717, 1.165) is 11.4 Å². The van der Waals surface area contributed by atoms with Crippen LogP contribution in [0.1, 0.15) is 23.3 Å². The summed E-state index contributed by atoms with van der Waals surface area (Å²) in [6.45, 7) is 2.46. The fraction of sp³-hybridized carbons (Fsp3) is 0.429. The Kier molecular flexibility index (Phi) is 5.55. The van der Waals surface area contributed by atoms with E-state index in [4.69, 9.17) is 18.9 Å². The zero-order chi connectivity index (χ0) is 20.3. The summed E-state index contributed by atoms with van der Waals surface area (Å²) in [6, 6.07) is 9.07. The lowest BCUT2D eigenvalue weighted by molar-refractivity contribution is -0.181. The van der Waals surface area contributed by atoms with Crippen LogP contribution < -0.4 is 14.8 Å². The number of ether oxygens (including phenoxy) is 4. The summed E-state index contributed by atoms with van der Waals surface area (Å²) in [5.74, 6) is 0.799. The Morgan fingerprint density at radius 3 is 2.48 bits per heavy atom. The molecule has 1 aromatic carbocycles. The number of methoxy groups -OCH3 is 2. The lowest BCUT2D eigenvalue weighted by Gasteiger charge is -2.37. The van der Waals surface area contributed by atoms with Gasteiger partial charge in [0.05, 0.1) is 45.0 Å². The number of nitrogens with one attached hydrogen (secondary N) is 1. The average Bonchev–Trinajstić information content (AvgIpc) is 3.22. The Morgan fingerprint density at radius 2 is 1.86 bits per heavy atom. The minimum Gasteiger partial charge on any atom is -0.497 e. The van der Waals surface area contributed by atoms with Gasteiger partial charge in [-0.25, -0.2) is 4.98 Å². The van der Waals surface area contributed by atoms with E-state index in [1.807, 2.05) is 18.2 Å². The zero-order valence-corrected chi connectivity index (χ0v) is 16.6. The largest absolute Gasteiger partial charge is 0.497 e. The molecule has 0 unspecified atom stereocenters. The highest BCUT2D eigenvalue weighted by Crippen LogP contribution is 2.33. The molecule has 0 bridgehead atoms. The van der Waals surface area contributed by atoms with Crippen LogP contribution in [0.5, 0.6) is 11.5 Å². The molecular weight excluding hydrogens is 374 g/mol. The Balaban J connectivity index is 1.40. The molecule has 0 aliphatic carbocycles. The van der Waals surface area contributed by atoms with Gasteiger partial charge in [0.25, 0.3) is 5.91 Å². The standard InChI is InChI=1S/C21H25N3O5/c1-26-16-4-6-17(19(13-16)27-2)23-15-3-5-18(22-14-15)20(25)24-9-7-21(8-10-24)28-11-12-29-21/h3-6,13-14,23H,7-12H2,1-2H3. The SMILES string of the molecule is COc1ccc(Nc2ccc(C(=O)N3CCC4(CC3)OCCO4)nc2)c(OC)c1. The first-order chi connectivity index (χ1) is 14.1. The van der Waals surface area contributed by atoms with E-state index in [-0.39, 0.29) is 5.91 Å². The van der Waals surface area contributed by atoms with E-state index in [2.05, 4.69) is 10.3 Å². The maximum Gasteiger partial charge on any atom is 0.272 e. The van der Waals surface area contributed by atoms with Gasteiger partial charge in [0, 0.05) is 32.0 Å². The lowest BCUT2D eigenvalue weighted by atomic mass is 10.0. The minimum absolute atomic E-state index is 0.0774. The van der Waals surface area contributed by atoms with Crippen molar-refractivity contribution >= 4 is 17.3 Å². The Hall–Kier alpha value is -2.84. The van der Waals surface area contributed by atoms with Crippen LogP contribution in [0.15, 0.2) is 36.5 Å². The smallest absolute Gasteiger partial charge is 0.272 e. The first kappa shape index (κ1) is 19.5. The van der Waals surface area contributed by atoms with E-state index in [0.29, 0.717) is 56.3 Å². The first-order valence-corrected chi connectivity index (χ1v) is 9.65. The number of pyridine rings is 1. The second kappa shape index (κ2) is 8.26. The number of anilines is 2. The second-order valence-corrected chi connectivity index (χ2v) is 7.02. The highest BCUT2D eigenvalue weighted by Gasteiger charge is 2.41. The van der Waals surface area contributed by atoms with Crippen molar-refractivity contribution in [2.75, 3.05) is 45.8 Å². The van der Waals surface area contributed by atoms with Crippen LogP contribution >= 0.6 is 0 Å². The number of hydrogen-bond acceptors (Lipinski definition) is 7. The number of benzene rings is 1. The monoisotopic (exact) mass is 399 g/mol. The van der Waals surface area contributed by atoms with Crippen LogP contribution in [0.25, 0.3) is 0 Å². The van der Waals surface area contributed by atoms with E-state index in [1.54, 1.807) is 37.4 Å². The van der Waals surface area contributed by atoms with Gasteiger partial charge in [0.1, 0.15) is 17.2 Å². The molecule has 29 heavy (non-hydrogen) atoms. The fourth-order valence-corrected chi connectivity index (χ4v) is 3.65. The maximum absolute atomic E-state index is 12.8. The molecule has 0 radical (unpaired) electrons. The summed E-state index contributed by atoms with van der Waals surface area (Å²) in [4.78, 5) is 18.9. The van der Waals surface area contributed by atoms with Gasteiger partial charge in [0.15, 0.2) is 5.79 Å². The Labute approximate surface area is 169 Å². The van der Waals surface area contributed by atoms with Gasteiger partial charge in [-0.1, -0.05) is 0 Å². The number of aromatic nitrogens is 1. The zero-order valence-electron chi connectivity index (χ0n) is 16.6. The van der Waals surface area contributed by atoms with Crippen molar-refractivity contribution < 1.29 is 23.7 Å².